The lowest BCUT2D eigenvalue weighted by Gasteiger charge is -2.15. The Bertz CT molecular complexity index is 772. The predicted octanol–water partition coefficient (Wildman–Crippen LogP) is 4.92. The van der Waals surface area contributed by atoms with E-state index in [0.717, 1.165) is 0 Å². The molecule has 1 saturated carbocycles. The molecule has 2 aromatic carbocycles. The monoisotopic (exact) mass is 272 g/mol. The van der Waals surface area contributed by atoms with Crippen LogP contribution in [0, 0.1) is 5.92 Å². The zero-order chi connectivity index (χ0) is 13.8. The van der Waals surface area contributed by atoms with Crippen LogP contribution in [-0.2, 0) is 0 Å². The van der Waals surface area contributed by atoms with Gasteiger partial charge in [0.1, 0.15) is 5.76 Å². The third-order valence-electron chi connectivity index (χ3n) is 5.17. The summed E-state index contributed by atoms with van der Waals surface area (Å²) in [4.78, 5) is 0. The van der Waals surface area contributed by atoms with Crippen LogP contribution in [0.2, 0.25) is 0 Å². The molecule has 0 N–H and O–H groups in total. The van der Waals surface area contributed by atoms with E-state index < -0.39 is 0 Å². The molecule has 1 aromatic heterocycles. The predicted molar refractivity (Wildman–Crippen MR) is 82.4 cm³/mol. The molecule has 1 fully saturated rings. The van der Waals surface area contributed by atoms with Crippen LogP contribution < -0.4 is 0 Å². The highest BCUT2D eigenvalue weighted by Crippen LogP contribution is 2.72. The van der Waals surface area contributed by atoms with Crippen molar-refractivity contribution in [1.82, 2.24) is 0 Å². The molecular formula is C20H16O. The van der Waals surface area contributed by atoms with E-state index in [2.05, 4.69) is 66.7 Å². The molecule has 102 valence electrons. The Labute approximate surface area is 124 Å². The molecule has 21 heavy (non-hydrogen) atoms. The summed E-state index contributed by atoms with van der Waals surface area (Å²) in [6.07, 6.45) is 1.86. The first-order valence-electron chi connectivity index (χ1n) is 7.62. The van der Waals surface area contributed by atoms with Gasteiger partial charge in [0.05, 0.1) is 6.26 Å². The Morgan fingerprint density at radius 2 is 1.33 bits per heavy atom. The normalized spacial score (nSPS) is 29.0. The van der Waals surface area contributed by atoms with Gasteiger partial charge in [0.2, 0.25) is 0 Å². The standard InChI is InChI=1S/C20H16O/c1-3-7-13(8-4-1)16-15-11-12-21-20(15)19-17(18(16)19)14-9-5-2-6-10-14/h1-12,16-19H. The van der Waals surface area contributed by atoms with Gasteiger partial charge in [-0.1, -0.05) is 60.7 Å². The summed E-state index contributed by atoms with van der Waals surface area (Å²) in [6.45, 7) is 0. The van der Waals surface area contributed by atoms with Gasteiger partial charge >= 0.3 is 0 Å². The lowest BCUT2D eigenvalue weighted by Crippen LogP contribution is -2.02. The first-order chi connectivity index (χ1) is 10.4. The van der Waals surface area contributed by atoms with Crippen LogP contribution in [0.15, 0.2) is 77.4 Å². The van der Waals surface area contributed by atoms with E-state index in [0.29, 0.717) is 23.7 Å². The molecule has 0 radical (unpaired) electrons. The van der Waals surface area contributed by atoms with Crippen molar-refractivity contribution < 1.29 is 4.42 Å². The van der Waals surface area contributed by atoms with E-state index in [1.807, 2.05) is 6.26 Å². The Balaban J connectivity index is 1.61. The van der Waals surface area contributed by atoms with Crippen LogP contribution in [0.5, 0.6) is 0 Å². The molecule has 0 aliphatic heterocycles. The molecule has 3 aromatic rings. The summed E-state index contributed by atoms with van der Waals surface area (Å²) in [5.74, 6) is 3.58. The zero-order valence-electron chi connectivity index (χ0n) is 11.6. The second-order valence-corrected chi connectivity index (χ2v) is 6.17. The number of furan rings is 1. The van der Waals surface area contributed by atoms with Crippen LogP contribution in [-0.4, -0.2) is 0 Å². The third kappa shape index (κ3) is 1.52. The molecule has 0 spiro atoms. The van der Waals surface area contributed by atoms with Crippen LogP contribution >= 0.6 is 0 Å². The number of rotatable bonds is 2. The molecular weight excluding hydrogens is 256 g/mol. The van der Waals surface area contributed by atoms with Gasteiger partial charge in [-0.25, -0.2) is 0 Å². The Kier molecular flexibility index (Phi) is 2.23. The fraction of sp³-hybridized carbons (Fsp3) is 0.200. The lowest BCUT2D eigenvalue weighted by atomic mass is 9.87. The van der Waals surface area contributed by atoms with Crippen molar-refractivity contribution in [2.75, 3.05) is 0 Å². The van der Waals surface area contributed by atoms with Gasteiger partial charge in [-0.15, -0.1) is 0 Å². The van der Waals surface area contributed by atoms with Gasteiger partial charge in [-0.2, -0.15) is 0 Å². The second kappa shape index (κ2) is 4.11. The summed E-state index contributed by atoms with van der Waals surface area (Å²) >= 11 is 0. The quantitative estimate of drug-likeness (QED) is 0.645. The highest BCUT2D eigenvalue weighted by Gasteiger charge is 2.63. The largest absolute Gasteiger partial charge is 0.469 e. The average molecular weight is 272 g/mol. The first-order valence-corrected chi connectivity index (χ1v) is 7.62. The summed E-state index contributed by atoms with van der Waals surface area (Å²) in [5.41, 5.74) is 4.28. The number of benzene rings is 2. The molecule has 0 amide bonds. The third-order valence-corrected chi connectivity index (χ3v) is 5.17. The van der Waals surface area contributed by atoms with Gasteiger partial charge < -0.3 is 4.42 Å². The minimum Gasteiger partial charge on any atom is -0.469 e. The Morgan fingerprint density at radius 1 is 0.667 bits per heavy atom. The van der Waals surface area contributed by atoms with Crippen molar-refractivity contribution in [1.29, 1.82) is 0 Å². The van der Waals surface area contributed by atoms with Gasteiger partial charge in [0.25, 0.3) is 0 Å². The van der Waals surface area contributed by atoms with Crippen molar-refractivity contribution in [3.05, 3.63) is 95.4 Å². The van der Waals surface area contributed by atoms with Gasteiger partial charge in [0, 0.05) is 17.4 Å². The molecule has 2 aliphatic carbocycles. The minimum atomic E-state index is 0.496. The molecule has 0 saturated heterocycles. The van der Waals surface area contributed by atoms with Gasteiger partial charge in [-0.3, -0.25) is 0 Å². The van der Waals surface area contributed by atoms with Crippen molar-refractivity contribution in [2.24, 2.45) is 5.92 Å². The topological polar surface area (TPSA) is 13.1 Å². The van der Waals surface area contributed by atoms with E-state index >= 15 is 0 Å². The van der Waals surface area contributed by atoms with Crippen LogP contribution in [0.4, 0.5) is 0 Å². The first kappa shape index (κ1) is 11.4. The van der Waals surface area contributed by atoms with Gasteiger partial charge in [0.15, 0.2) is 0 Å². The number of hydrogen-bond donors (Lipinski definition) is 0. The fourth-order valence-electron chi connectivity index (χ4n) is 4.32. The zero-order valence-corrected chi connectivity index (χ0v) is 11.6. The number of hydrogen-bond acceptors (Lipinski definition) is 1. The van der Waals surface area contributed by atoms with Crippen molar-refractivity contribution in [3.8, 4) is 0 Å². The van der Waals surface area contributed by atoms with Gasteiger partial charge in [-0.05, 0) is 29.0 Å². The maximum Gasteiger partial charge on any atom is 0.111 e. The maximum absolute atomic E-state index is 5.83. The summed E-state index contributed by atoms with van der Waals surface area (Å²) in [5, 5.41) is 0. The SMILES string of the molecule is c1ccc(C2c3ccoc3C3C(c4ccccc4)C23)cc1. The van der Waals surface area contributed by atoms with E-state index in [4.69, 9.17) is 4.42 Å². The Morgan fingerprint density at radius 3 is 2.05 bits per heavy atom. The van der Waals surface area contributed by atoms with Crippen molar-refractivity contribution >= 4 is 0 Å². The summed E-state index contributed by atoms with van der Waals surface area (Å²) in [7, 11) is 0. The smallest absolute Gasteiger partial charge is 0.111 e. The van der Waals surface area contributed by atoms with Crippen molar-refractivity contribution in [2.45, 2.75) is 17.8 Å². The molecule has 1 heteroatoms. The minimum absolute atomic E-state index is 0.496. The summed E-state index contributed by atoms with van der Waals surface area (Å²) < 4.78 is 5.83. The molecule has 4 unspecified atom stereocenters. The average Bonchev–Trinajstić information content (AvgIpc) is 2.92. The van der Waals surface area contributed by atoms with E-state index in [1.165, 1.54) is 22.5 Å². The Hall–Kier alpha value is -2.28. The highest BCUT2D eigenvalue weighted by molar-refractivity contribution is 5.52. The molecule has 1 heterocycles. The van der Waals surface area contributed by atoms with E-state index in [9.17, 15) is 0 Å². The highest BCUT2D eigenvalue weighted by atomic mass is 16.3. The van der Waals surface area contributed by atoms with Crippen LogP contribution in [0.3, 0.4) is 0 Å². The van der Waals surface area contributed by atoms with E-state index in [-0.39, 0.29) is 0 Å². The van der Waals surface area contributed by atoms with Crippen LogP contribution in [0.1, 0.15) is 40.2 Å². The lowest BCUT2D eigenvalue weighted by molar-refractivity contribution is 0.510. The summed E-state index contributed by atoms with van der Waals surface area (Å²) in [6, 6.07) is 23.9. The molecule has 5 rings (SSSR count). The fourth-order valence-corrected chi connectivity index (χ4v) is 4.32. The molecule has 4 atom stereocenters. The molecule has 1 nitrogen and oxygen atoms in total. The maximum atomic E-state index is 5.83. The van der Waals surface area contributed by atoms with Crippen LogP contribution in [0.25, 0.3) is 0 Å². The second-order valence-electron chi connectivity index (χ2n) is 6.17. The van der Waals surface area contributed by atoms with E-state index in [1.54, 1.807) is 0 Å². The molecule has 0 bridgehead atoms. The molecule has 2 aliphatic rings. The van der Waals surface area contributed by atoms with Crippen molar-refractivity contribution in [3.63, 3.8) is 0 Å². The number of fused-ring (bicyclic) bond motifs is 3.